The van der Waals surface area contributed by atoms with Crippen molar-refractivity contribution in [2.75, 3.05) is 19.4 Å². The predicted octanol–water partition coefficient (Wildman–Crippen LogP) is 3.82. The van der Waals surface area contributed by atoms with Gasteiger partial charge < -0.3 is 14.8 Å². The average Bonchev–Trinajstić information content (AvgIpc) is 2.63. The summed E-state index contributed by atoms with van der Waals surface area (Å²) in [7, 11) is 1.61. The highest BCUT2D eigenvalue weighted by atomic mass is 32.2. The van der Waals surface area contributed by atoms with E-state index in [4.69, 9.17) is 9.47 Å². The molecular formula is C20H25NO3S. The van der Waals surface area contributed by atoms with E-state index in [1.807, 2.05) is 12.1 Å². The van der Waals surface area contributed by atoms with Crippen molar-refractivity contribution in [3.8, 4) is 11.5 Å². The van der Waals surface area contributed by atoms with Crippen LogP contribution >= 0.6 is 11.8 Å². The SMILES string of the molecule is COc1ccc(OC(C)C(=O)NCCSCc2ccc(C)cc2)cc1. The molecule has 0 radical (unpaired) electrons. The summed E-state index contributed by atoms with van der Waals surface area (Å²) in [6.07, 6.45) is -0.532. The van der Waals surface area contributed by atoms with Crippen LogP contribution in [0.2, 0.25) is 0 Å². The van der Waals surface area contributed by atoms with Crippen LogP contribution in [-0.4, -0.2) is 31.4 Å². The molecule has 0 aliphatic heterocycles. The first-order chi connectivity index (χ1) is 12.1. The molecule has 0 saturated carbocycles. The number of nitrogens with one attached hydrogen (secondary N) is 1. The van der Waals surface area contributed by atoms with Crippen LogP contribution in [0.3, 0.4) is 0 Å². The first-order valence-electron chi connectivity index (χ1n) is 8.30. The van der Waals surface area contributed by atoms with E-state index in [9.17, 15) is 4.79 Å². The van der Waals surface area contributed by atoms with Gasteiger partial charge in [0.05, 0.1) is 7.11 Å². The monoisotopic (exact) mass is 359 g/mol. The van der Waals surface area contributed by atoms with Crippen molar-refractivity contribution < 1.29 is 14.3 Å². The van der Waals surface area contributed by atoms with Crippen LogP contribution in [0.4, 0.5) is 0 Å². The Kier molecular flexibility index (Phi) is 7.67. The Morgan fingerprint density at radius 3 is 2.36 bits per heavy atom. The summed E-state index contributed by atoms with van der Waals surface area (Å²) in [5, 5.41) is 2.91. The molecule has 0 aliphatic rings. The molecule has 0 aliphatic carbocycles. The van der Waals surface area contributed by atoms with Gasteiger partial charge in [-0.3, -0.25) is 4.79 Å². The second-order valence-electron chi connectivity index (χ2n) is 5.76. The molecule has 134 valence electrons. The highest BCUT2D eigenvalue weighted by Gasteiger charge is 2.13. The predicted molar refractivity (Wildman–Crippen MR) is 103 cm³/mol. The molecular weight excluding hydrogens is 334 g/mol. The van der Waals surface area contributed by atoms with Crippen LogP contribution in [0, 0.1) is 6.92 Å². The first kappa shape index (κ1) is 19.2. The maximum Gasteiger partial charge on any atom is 0.260 e. The van der Waals surface area contributed by atoms with Crippen LogP contribution < -0.4 is 14.8 Å². The number of thioether (sulfide) groups is 1. The Morgan fingerprint density at radius 2 is 1.72 bits per heavy atom. The highest BCUT2D eigenvalue weighted by Crippen LogP contribution is 2.18. The molecule has 0 aromatic heterocycles. The smallest absolute Gasteiger partial charge is 0.260 e. The molecule has 2 rings (SSSR count). The van der Waals surface area contributed by atoms with Crippen LogP contribution in [0.15, 0.2) is 48.5 Å². The summed E-state index contributed by atoms with van der Waals surface area (Å²) >= 11 is 1.80. The van der Waals surface area contributed by atoms with Gasteiger partial charge in [-0.2, -0.15) is 11.8 Å². The summed E-state index contributed by atoms with van der Waals surface area (Å²) in [5.41, 5.74) is 2.57. The molecule has 0 heterocycles. The topological polar surface area (TPSA) is 47.6 Å². The second kappa shape index (κ2) is 9.99. The Labute approximate surface area is 153 Å². The van der Waals surface area contributed by atoms with E-state index in [0.29, 0.717) is 12.3 Å². The number of aryl methyl sites for hydroxylation is 1. The van der Waals surface area contributed by atoms with E-state index in [2.05, 4.69) is 36.5 Å². The molecule has 4 nitrogen and oxygen atoms in total. The molecule has 1 N–H and O–H groups in total. The number of methoxy groups -OCH3 is 1. The van der Waals surface area contributed by atoms with Crippen molar-refractivity contribution >= 4 is 17.7 Å². The van der Waals surface area contributed by atoms with Gasteiger partial charge in [0.15, 0.2) is 6.10 Å². The Bertz CT molecular complexity index is 656. The summed E-state index contributed by atoms with van der Waals surface area (Å²) in [6.45, 7) is 4.46. The van der Waals surface area contributed by atoms with Gasteiger partial charge in [-0.1, -0.05) is 29.8 Å². The van der Waals surface area contributed by atoms with E-state index in [1.54, 1.807) is 37.9 Å². The number of hydrogen-bond donors (Lipinski definition) is 1. The summed E-state index contributed by atoms with van der Waals surface area (Å²) < 4.78 is 10.7. The van der Waals surface area contributed by atoms with Crippen LogP contribution in [-0.2, 0) is 10.5 Å². The molecule has 1 unspecified atom stereocenters. The van der Waals surface area contributed by atoms with Crippen LogP contribution in [0.25, 0.3) is 0 Å². The van der Waals surface area contributed by atoms with E-state index >= 15 is 0 Å². The highest BCUT2D eigenvalue weighted by molar-refractivity contribution is 7.98. The Morgan fingerprint density at radius 1 is 1.08 bits per heavy atom. The molecule has 0 saturated heterocycles. The van der Waals surface area contributed by atoms with Gasteiger partial charge in [0.2, 0.25) is 0 Å². The van der Waals surface area contributed by atoms with E-state index < -0.39 is 6.10 Å². The zero-order chi connectivity index (χ0) is 18.1. The molecule has 2 aromatic rings. The lowest BCUT2D eigenvalue weighted by atomic mass is 10.2. The van der Waals surface area contributed by atoms with Gasteiger partial charge in [-0.15, -0.1) is 0 Å². The van der Waals surface area contributed by atoms with E-state index in [1.165, 1.54) is 11.1 Å². The largest absolute Gasteiger partial charge is 0.497 e. The van der Waals surface area contributed by atoms with Crippen LogP contribution in [0.1, 0.15) is 18.1 Å². The lowest BCUT2D eigenvalue weighted by Crippen LogP contribution is -2.37. The Balaban J connectivity index is 1.64. The van der Waals surface area contributed by atoms with Crippen molar-refractivity contribution in [3.63, 3.8) is 0 Å². The lowest BCUT2D eigenvalue weighted by molar-refractivity contribution is -0.127. The summed E-state index contributed by atoms with van der Waals surface area (Å²) in [4.78, 5) is 12.1. The van der Waals surface area contributed by atoms with Gasteiger partial charge >= 0.3 is 0 Å². The Hall–Kier alpha value is -2.14. The van der Waals surface area contributed by atoms with E-state index in [-0.39, 0.29) is 5.91 Å². The molecule has 25 heavy (non-hydrogen) atoms. The number of ether oxygens (including phenoxy) is 2. The second-order valence-corrected chi connectivity index (χ2v) is 6.87. The van der Waals surface area contributed by atoms with Crippen molar-refractivity contribution in [2.24, 2.45) is 0 Å². The fourth-order valence-corrected chi connectivity index (χ4v) is 3.00. The molecule has 0 fully saturated rings. The number of carbonyl (C=O) groups excluding carboxylic acids is 1. The van der Waals surface area contributed by atoms with Gasteiger partial charge in [0, 0.05) is 18.1 Å². The van der Waals surface area contributed by atoms with Crippen LogP contribution in [0.5, 0.6) is 11.5 Å². The summed E-state index contributed by atoms with van der Waals surface area (Å²) in [5.74, 6) is 3.13. The average molecular weight is 359 g/mol. The first-order valence-corrected chi connectivity index (χ1v) is 9.45. The molecule has 0 spiro atoms. The number of hydrogen-bond acceptors (Lipinski definition) is 4. The normalized spacial score (nSPS) is 11.6. The molecule has 1 atom stereocenters. The third-order valence-electron chi connectivity index (χ3n) is 3.68. The molecule has 2 aromatic carbocycles. The lowest BCUT2D eigenvalue weighted by Gasteiger charge is -2.15. The minimum atomic E-state index is -0.532. The number of amides is 1. The fourth-order valence-electron chi connectivity index (χ4n) is 2.18. The van der Waals surface area contributed by atoms with Gasteiger partial charge in [-0.25, -0.2) is 0 Å². The van der Waals surface area contributed by atoms with Crippen molar-refractivity contribution in [1.82, 2.24) is 5.32 Å². The maximum absolute atomic E-state index is 12.1. The van der Waals surface area contributed by atoms with Crippen molar-refractivity contribution in [2.45, 2.75) is 25.7 Å². The minimum absolute atomic E-state index is 0.105. The molecule has 0 bridgehead atoms. The van der Waals surface area contributed by atoms with Crippen molar-refractivity contribution in [3.05, 3.63) is 59.7 Å². The number of rotatable bonds is 9. The zero-order valence-corrected chi connectivity index (χ0v) is 15.8. The summed E-state index contributed by atoms with van der Waals surface area (Å²) in [6, 6.07) is 15.7. The standard InChI is InChI=1S/C20H25NO3S/c1-15-4-6-17(7-5-15)14-25-13-12-21-20(22)16(2)24-19-10-8-18(23-3)9-11-19/h4-11,16H,12-14H2,1-3H3,(H,21,22). The number of benzene rings is 2. The van der Waals surface area contributed by atoms with Gasteiger partial charge in [0.25, 0.3) is 5.91 Å². The number of carbonyl (C=O) groups is 1. The minimum Gasteiger partial charge on any atom is -0.497 e. The molecule has 5 heteroatoms. The van der Waals surface area contributed by atoms with Crippen molar-refractivity contribution in [1.29, 1.82) is 0 Å². The quantitative estimate of drug-likeness (QED) is 0.692. The zero-order valence-electron chi connectivity index (χ0n) is 15.0. The third kappa shape index (κ3) is 6.70. The molecule has 1 amide bonds. The fraction of sp³-hybridized carbons (Fsp3) is 0.350. The van der Waals surface area contributed by atoms with Gasteiger partial charge in [0.1, 0.15) is 11.5 Å². The third-order valence-corrected chi connectivity index (χ3v) is 4.71. The maximum atomic E-state index is 12.1. The van der Waals surface area contributed by atoms with E-state index in [0.717, 1.165) is 17.3 Å². The van der Waals surface area contributed by atoms with Gasteiger partial charge in [-0.05, 0) is 43.7 Å².